The number of carboxylic acids is 1. The van der Waals surface area contributed by atoms with Gasteiger partial charge in [-0.1, -0.05) is 6.92 Å². The quantitative estimate of drug-likeness (QED) is 0.840. The molecule has 4 heteroatoms. The summed E-state index contributed by atoms with van der Waals surface area (Å²) in [6.45, 7) is 7.30. The third kappa shape index (κ3) is 2.72. The van der Waals surface area contributed by atoms with Gasteiger partial charge in [0.15, 0.2) is 0 Å². The Hall–Kier alpha value is -1.03. The third-order valence-corrected chi connectivity index (χ3v) is 3.66. The fourth-order valence-corrected chi connectivity index (χ4v) is 2.51. The molecule has 1 rings (SSSR count). The summed E-state index contributed by atoms with van der Waals surface area (Å²) >= 11 is 1.34. The van der Waals surface area contributed by atoms with Gasteiger partial charge < -0.3 is 10.0 Å². The van der Waals surface area contributed by atoms with E-state index in [1.54, 1.807) is 6.07 Å². The van der Waals surface area contributed by atoms with Gasteiger partial charge in [-0.2, -0.15) is 0 Å². The largest absolute Gasteiger partial charge is 0.477 e. The maximum absolute atomic E-state index is 10.8. The van der Waals surface area contributed by atoms with Crippen molar-refractivity contribution in [1.82, 2.24) is 0 Å². The Balaban J connectivity index is 2.87. The first-order valence-electron chi connectivity index (χ1n) is 5.19. The van der Waals surface area contributed by atoms with E-state index in [-0.39, 0.29) is 0 Å². The second-order valence-corrected chi connectivity index (χ2v) is 4.55. The van der Waals surface area contributed by atoms with Gasteiger partial charge in [0.25, 0.3) is 0 Å². The van der Waals surface area contributed by atoms with Crippen molar-refractivity contribution < 1.29 is 9.90 Å². The van der Waals surface area contributed by atoms with Crippen molar-refractivity contribution in [3.8, 4) is 0 Å². The fraction of sp³-hybridized carbons (Fsp3) is 0.545. The molecule has 0 aliphatic heterocycles. The first-order chi connectivity index (χ1) is 7.10. The second kappa shape index (κ2) is 5.16. The number of anilines is 1. The molecule has 0 aromatic carbocycles. The first kappa shape index (κ1) is 12.0. The van der Waals surface area contributed by atoms with Crippen molar-refractivity contribution in [3.63, 3.8) is 0 Å². The molecule has 0 aliphatic carbocycles. The van der Waals surface area contributed by atoms with Crippen molar-refractivity contribution in [2.75, 3.05) is 11.4 Å². The minimum atomic E-state index is -0.841. The van der Waals surface area contributed by atoms with Gasteiger partial charge in [-0.15, -0.1) is 11.3 Å². The van der Waals surface area contributed by atoms with Crippen molar-refractivity contribution in [2.45, 2.75) is 33.2 Å². The van der Waals surface area contributed by atoms with Crippen LogP contribution in [0, 0.1) is 0 Å². The zero-order valence-electron chi connectivity index (χ0n) is 9.36. The van der Waals surface area contributed by atoms with Gasteiger partial charge in [0.2, 0.25) is 0 Å². The summed E-state index contributed by atoms with van der Waals surface area (Å²) in [6, 6.07) is 4.02. The van der Waals surface area contributed by atoms with Gasteiger partial charge in [-0.05, 0) is 32.4 Å². The molecule has 0 saturated heterocycles. The molecule has 1 N–H and O–H groups in total. The highest BCUT2D eigenvalue weighted by Gasteiger charge is 2.15. The molecule has 0 bridgehead atoms. The van der Waals surface area contributed by atoms with Crippen LogP contribution in [0.1, 0.15) is 36.9 Å². The Morgan fingerprint density at radius 2 is 2.20 bits per heavy atom. The summed E-state index contributed by atoms with van der Waals surface area (Å²) in [7, 11) is 0. The molecular weight excluding hydrogens is 210 g/mol. The van der Waals surface area contributed by atoms with E-state index >= 15 is 0 Å². The highest BCUT2D eigenvalue weighted by atomic mass is 32.1. The van der Waals surface area contributed by atoms with Gasteiger partial charge in [0, 0.05) is 12.6 Å². The molecule has 3 nitrogen and oxygen atoms in total. The number of rotatable bonds is 5. The van der Waals surface area contributed by atoms with E-state index in [0.29, 0.717) is 10.9 Å². The number of hydrogen-bond donors (Lipinski definition) is 1. The topological polar surface area (TPSA) is 40.5 Å². The standard InChI is InChI=1S/C11H17NO2S/c1-4-8(3)12(5-2)10-7-6-9(15-10)11(13)14/h6-8H,4-5H2,1-3H3,(H,13,14). The molecule has 1 unspecified atom stereocenters. The Morgan fingerprint density at radius 1 is 1.53 bits per heavy atom. The van der Waals surface area contributed by atoms with Crippen molar-refractivity contribution >= 4 is 22.3 Å². The minimum Gasteiger partial charge on any atom is -0.477 e. The highest BCUT2D eigenvalue weighted by molar-refractivity contribution is 7.17. The number of carbonyl (C=O) groups is 1. The predicted octanol–water partition coefficient (Wildman–Crippen LogP) is 3.07. The first-order valence-corrected chi connectivity index (χ1v) is 6.01. The van der Waals surface area contributed by atoms with Crippen LogP contribution in [0.4, 0.5) is 5.00 Å². The monoisotopic (exact) mass is 227 g/mol. The maximum atomic E-state index is 10.8. The van der Waals surface area contributed by atoms with Crippen LogP contribution in [0.5, 0.6) is 0 Å². The van der Waals surface area contributed by atoms with Crippen molar-refractivity contribution in [2.24, 2.45) is 0 Å². The molecular formula is C11H17NO2S. The lowest BCUT2D eigenvalue weighted by atomic mass is 10.2. The minimum absolute atomic E-state index is 0.409. The van der Waals surface area contributed by atoms with E-state index < -0.39 is 5.97 Å². The van der Waals surface area contributed by atoms with Gasteiger partial charge in [-0.3, -0.25) is 0 Å². The van der Waals surface area contributed by atoms with Crippen molar-refractivity contribution in [3.05, 3.63) is 17.0 Å². The van der Waals surface area contributed by atoms with Crippen LogP contribution in [0.15, 0.2) is 12.1 Å². The summed E-state index contributed by atoms with van der Waals surface area (Å²) in [5.74, 6) is -0.841. The molecule has 0 fully saturated rings. The SMILES string of the molecule is CCC(C)N(CC)c1ccc(C(=O)O)s1. The number of nitrogens with zero attached hydrogens (tertiary/aromatic N) is 1. The van der Waals surface area contributed by atoms with E-state index in [2.05, 4.69) is 25.7 Å². The highest BCUT2D eigenvalue weighted by Crippen LogP contribution is 2.28. The molecule has 0 spiro atoms. The summed E-state index contributed by atoms with van der Waals surface area (Å²) in [5, 5.41) is 9.89. The number of thiophene rings is 1. The van der Waals surface area contributed by atoms with E-state index in [0.717, 1.165) is 18.0 Å². The zero-order chi connectivity index (χ0) is 11.4. The Morgan fingerprint density at radius 3 is 2.60 bits per heavy atom. The van der Waals surface area contributed by atoms with Crippen LogP contribution < -0.4 is 4.90 Å². The van der Waals surface area contributed by atoms with E-state index in [1.165, 1.54) is 11.3 Å². The van der Waals surface area contributed by atoms with Gasteiger partial charge >= 0.3 is 5.97 Å². The Bertz CT molecular complexity index is 335. The predicted molar refractivity (Wildman–Crippen MR) is 64.1 cm³/mol. The van der Waals surface area contributed by atoms with E-state index in [9.17, 15) is 4.79 Å². The van der Waals surface area contributed by atoms with E-state index in [1.807, 2.05) is 6.07 Å². The number of carboxylic acid groups (broad SMARTS) is 1. The average Bonchev–Trinajstić information content (AvgIpc) is 2.68. The summed E-state index contributed by atoms with van der Waals surface area (Å²) in [6.07, 6.45) is 1.06. The lowest BCUT2D eigenvalue weighted by molar-refractivity contribution is 0.0702. The molecule has 0 radical (unpaired) electrons. The van der Waals surface area contributed by atoms with Crippen LogP contribution >= 0.6 is 11.3 Å². The van der Waals surface area contributed by atoms with Crippen LogP contribution in [-0.2, 0) is 0 Å². The van der Waals surface area contributed by atoms with Crippen LogP contribution in [0.3, 0.4) is 0 Å². The van der Waals surface area contributed by atoms with Crippen LogP contribution in [-0.4, -0.2) is 23.7 Å². The molecule has 0 amide bonds. The Labute approximate surface area is 94.3 Å². The number of aromatic carboxylic acids is 1. The lowest BCUT2D eigenvalue weighted by Crippen LogP contribution is -2.31. The maximum Gasteiger partial charge on any atom is 0.345 e. The molecule has 1 aromatic rings. The molecule has 84 valence electrons. The summed E-state index contributed by atoms with van der Waals surface area (Å²) in [5.41, 5.74) is 0. The zero-order valence-corrected chi connectivity index (χ0v) is 10.2. The van der Waals surface area contributed by atoms with E-state index in [4.69, 9.17) is 5.11 Å². The Kier molecular flexibility index (Phi) is 4.15. The fourth-order valence-electron chi connectivity index (χ4n) is 1.50. The number of hydrogen-bond acceptors (Lipinski definition) is 3. The second-order valence-electron chi connectivity index (χ2n) is 3.49. The lowest BCUT2D eigenvalue weighted by Gasteiger charge is -2.27. The molecule has 1 heterocycles. The average molecular weight is 227 g/mol. The molecule has 0 saturated carbocycles. The van der Waals surface area contributed by atoms with Gasteiger partial charge in [0.1, 0.15) is 4.88 Å². The van der Waals surface area contributed by atoms with Crippen LogP contribution in [0.25, 0.3) is 0 Å². The molecule has 1 aromatic heterocycles. The van der Waals surface area contributed by atoms with Gasteiger partial charge in [-0.25, -0.2) is 4.79 Å². The molecule has 1 atom stereocenters. The summed E-state index contributed by atoms with van der Waals surface area (Å²) in [4.78, 5) is 13.4. The third-order valence-electron chi connectivity index (χ3n) is 2.55. The molecule has 15 heavy (non-hydrogen) atoms. The van der Waals surface area contributed by atoms with Crippen molar-refractivity contribution in [1.29, 1.82) is 0 Å². The molecule has 0 aliphatic rings. The van der Waals surface area contributed by atoms with Gasteiger partial charge in [0.05, 0.1) is 5.00 Å². The summed E-state index contributed by atoms with van der Waals surface area (Å²) < 4.78 is 0. The normalized spacial score (nSPS) is 12.5. The smallest absolute Gasteiger partial charge is 0.345 e. The van der Waals surface area contributed by atoms with Crippen LogP contribution in [0.2, 0.25) is 0 Å².